The lowest BCUT2D eigenvalue weighted by molar-refractivity contribution is -0.143. The van der Waals surface area contributed by atoms with Gasteiger partial charge >= 0.3 is 0 Å². The van der Waals surface area contributed by atoms with E-state index in [1.807, 2.05) is 0 Å². The van der Waals surface area contributed by atoms with E-state index >= 15 is 0 Å². The van der Waals surface area contributed by atoms with Crippen LogP contribution in [0.4, 0.5) is 0 Å². The van der Waals surface area contributed by atoms with Gasteiger partial charge < -0.3 is 15.5 Å². The van der Waals surface area contributed by atoms with Crippen molar-refractivity contribution in [2.24, 2.45) is 5.41 Å². The van der Waals surface area contributed by atoms with Crippen LogP contribution in [0.5, 0.6) is 0 Å². The summed E-state index contributed by atoms with van der Waals surface area (Å²) in [5.41, 5.74) is -0.273. The summed E-state index contributed by atoms with van der Waals surface area (Å²) in [4.78, 5) is 25.8. The van der Waals surface area contributed by atoms with Crippen LogP contribution in [0.1, 0.15) is 26.2 Å². The molecule has 2 aliphatic rings. The second-order valence-electron chi connectivity index (χ2n) is 4.99. The minimum Gasteiger partial charge on any atom is -0.354 e. The summed E-state index contributed by atoms with van der Waals surface area (Å²) >= 11 is 0. The predicted octanol–water partition coefficient (Wildman–Crippen LogP) is -0.275. The van der Waals surface area contributed by atoms with Crippen LogP contribution in [0, 0.1) is 5.41 Å². The van der Waals surface area contributed by atoms with E-state index in [1.54, 1.807) is 4.90 Å². The van der Waals surface area contributed by atoms with E-state index in [4.69, 9.17) is 0 Å². The Morgan fingerprint density at radius 2 is 2.29 bits per heavy atom. The maximum absolute atomic E-state index is 12.6. The highest BCUT2D eigenvalue weighted by Crippen LogP contribution is 2.31. The first-order valence-corrected chi connectivity index (χ1v) is 6.45. The third kappa shape index (κ3) is 2.44. The Kier molecular flexibility index (Phi) is 3.66. The number of nitrogens with one attached hydrogen (secondary N) is 2. The minimum atomic E-state index is -0.273. The molecular formula is C12H21N3O2. The molecule has 0 saturated carbocycles. The van der Waals surface area contributed by atoms with Crippen LogP contribution in [-0.4, -0.2) is 49.4 Å². The average molecular weight is 239 g/mol. The molecule has 0 aliphatic carbocycles. The van der Waals surface area contributed by atoms with Gasteiger partial charge in [-0.3, -0.25) is 9.59 Å². The van der Waals surface area contributed by atoms with Gasteiger partial charge in [0.25, 0.3) is 0 Å². The molecule has 2 N–H and O–H groups in total. The first-order chi connectivity index (χ1) is 8.18. The SMILES string of the molecule is CCC1(C(=O)N2CCCNC(=O)C2)CCNC1. The lowest BCUT2D eigenvalue weighted by atomic mass is 9.82. The topological polar surface area (TPSA) is 61.4 Å². The van der Waals surface area contributed by atoms with Crippen LogP contribution in [-0.2, 0) is 9.59 Å². The van der Waals surface area contributed by atoms with Crippen LogP contribution < -0.4 is 10.6 Å². The van der Waals surface area contributed by atoms with Gasteiger partial charge in [0.15, 0.2) is 0 Å². The van der Waals surface area contributed by atoms with E-state index in [9.17, 15) is 9.59 Å². The van der Waals surface area contributed by atoms with Gasteiger partial charge in [-0.15, -0.1) is 0 Å². The van der Waals surface area contributed by atoms with E-state index in [1.165, 1.54) is 0 Å². The van der Waals surface area contributed by atoms with E-state index in [2.05, 4.69) is 17.6 Å². The molecule has 1 atom stereocenters. The molecule has 2 heterocycles. The zero-order valence-electron chi connectivity index (χ0n) is 10.4. The fourth-order valence-electron chi connectivity index (χ4n) is 2.69. The van der Waals surface area contributed by atoms with E-state index in [0.29, 0.717) is 13.1 Å². The van der Waals surface area contributed by atoms with Gasteiger partial charge in [-0.1, -0.05) is 6.92 Å². The van der Waals surface area contributed by atoms with Crippen molar-refractivity contribution in [3.63, 3.8) is 0 Å². The molecule has 2 aliphatic heterocycles. The molecule has 0 radical (unpaired) electrons. The highest BCUT2D eigenvalue weighted by molar-refractivity contribution is 5.88. The summed E-state index contributed by atoms with van der Waals surface area (Å²) in [6, 6.07) is 0. The molecule has 0 aromatic rings. The normalized spacial score (nSPS) is 29.9. The third-order valence-electron chi connectivity index (χ3n) is 3.92. The van der Waals surface area contributed by atoms with Crippen LogP contribution in [0.15, 0.2) is 0 Å². The second-order valence-corrected chi connectivity index (χ2v) is 4.99. The van der Waals surface area contributed by atoms with Crippen LogP contribution in [0.2, 0.25) is 0 Å². The molecule has 1 unspecified atom stereocenters. The molecule has 2 amide bonds. The predicted molar refractivity (Wildman–Crippen MR) is 64.4 cm³/mol. The summed E-state index contributed by atoms with van der Waals surface area (Å²) in [5, 5.41) is 6.06. The molecule has 0 bridgehead atoms. The summed E-state index contributed by atoms with van der Waals surface area (Å²) in [6.45, 7) is 5.31. The number of carbonyl (C=O) groups is 2. The lowest BCUT2D eigenvalue weighted by Crippen LogP contribution is -2.47. The fraction of sp³-hybridized carbons (Fsp3) is 0.833. The number of rotatable bonds is 2. The van der Waals surface area contributed by atoms with Gasteiger partial charge in [-0.05, 0) is 25.8 Å². The van der Waals surface area contributed by atoms with Crippen molar-refractivity contribution in [2.45, 2.75) is 26.2 Å². The van der Waals surface area contributed by atoms with Gasteiger partial charge in [0.1, 0.15) is 0 Å². The Labute approximate surface area is 102 Å². The van der Waals surface area contributed by atoms with Crippen molar-refractivity contribution < 1.29 is 9.59 Å². The van der Waals surface area contributed by atoms with E-state index < -0.39 is 0 Å². The molecule has 17 heavy (non-hydrogen) atoms. The molecule has 2 saturated heterocycles. The zero-order chi connectivity index (χ0) is 12.3. The Morgan fingerprint density at radius 3 is 2.94 bits per heavy atom. The largest absolute Gasteiger partial charge is 0.354 e. The average Bonchev–Trinajstić information content (AvgIpc) is 2.72. The zero-order valence-corrected chi connectivity index (χ0v) is 10.4. The summed E-state index contributed by atoms with van der Waals surface area (Å²) in [6.07, 6.45) is 2.59. The van der Waals surface area contributed by atoms with Crippen LogP contribution in [0.25, 0.3) is 0 Å². The smallest absolute Gasteiger partial charge is 0.239 e. The van der Waals surface area contributed by atoms with Crippen LogP contribution >= 0.6 is 0 Å². The number of nitrogens with zero attached hydrogens (tertiary/aromatic N) is 1. The van der Waals surface area contributed by atoms with Crippen molar-refractivity contribution in [3.05, 3.63) is 0 Å². The Hall–Kier alpha value is -1.10. The van der Waals surface area contributed by atoms with E-state index in [0.717, 1.165) is 32.4 Å². The number of amides is 2. The van der Waals surface area contributed by atoms with Gasteiger partial charge in [-0.2, -0.15) is 0 Å². The summed E-state index contributed by atoms with van der Waals surface area (Å²) < 4.78 is 0. The number of hydrogen-bond donors (Lipinski definition) is 2. The molecule has 96 valence electrons. The van der Waals surface area contributed by atoms with Crippen molar-refractivity contribution in [1.29, 1.82) is 0 Å². The van der Waals surface area contributed by atoms with Crippen LogP contribution in [0.3, 0.4) is 0 Å². The van der Waals surface area contributed by atoms with Crippen molar-refractivity contribution >= 4 is 11.8 Å². The van der Waals surface area contributed by atoms with E-state index in [-0.39, 0.29) is 23.8 Å². The highest BCUT2D eigenvalue weighted by atomic mass is 16.2. The maximum Gasteiger partial charge on any atom is 0.239 e. The molecule has 0 spiro atoms. The van der Waals surface area contributed by atoms with Gasteiger partial charge in [0.05, 0.1) is 12.0 Å². The quantitative estimate of drug-likeness (QED) is 0.697. The maximum atomic E-state index is 12.6. The number of hydrogen-bond acceptors (Lipinski definition) is 3. The molecule has 0 aromatic carbocycles. The first-order valence-electron chi connectivity index (χ1n) is 6.45. The van der Waals surface area contributed by atoms with Gasteiger partial charge in [0, 0.05) is 19.6 Å². The minimum absolute atomic E-state index is 0.0342. The molecular weight excluding hydrogens is 218 g/mol. The number of carbonyl (C=O) groups excluding carboxylic acids is 2. The summed E-state index contributed by atoms with van der Waals surface area (Å²) in [5.74, 6) is 0.120. The third-order valence-corrected chi connectivity index (χ3v) is 3.92. The monoisotopic (exact) mass is 239 g/mol. The first kappa shape index (κ1) is 12.4. The van der Waals surface area contributed by atoms with Gasteiger partial charge in [0.2, 0.25) is 11.8 Å². The summed E-state index contributed by atoms with van der Waals surface area (Å²) in [7, 11) is 0. The lowest BCUT2D eigenvalue weighted by Gasteiger charge is -2.31. The Morgan fingerprint density at radius 1 is 1.47 bits per heavy atom. The molecule has 0 aromatic heterocycles. The van der Waals surface area contributed by atoms with Crippen molar-refractivity contribution in [1.82, 2.24) is 15.5 Å². The van der Waals surface area contributed by atoms with Gasteiger partial charge in [-0.25, -0.2) is 0 Å². The second kappa shape index (κ2) is 5.04. The molecule has 2 rings (SSSR count). The fourth-order valence-corrected chi connectivity index (χ4v) is 2.69. The van der Waals surface area contributed by atoms with Crippen molar-refractivity contribution in [2.75, 3.05) is 32.7 Å². The highest BCUT2D eigenvalue weighted by Gasteiger charge is 2.42. The molecule has 5 nitrogen and oxygen atoms in total. The Bertz CT molecular complexity index is 311. The van der Waals surface area contributed by atoms with Crippen molar-refractivity contribution in [3.8, 4) is 0 Å². The standard InChI is InChI=1S/C12H21N3O2/c1-2-12(4-6-13-9-12)11(17)15-7-3-5-14-10(16)8-15/h13H,2-9H2,1H3,(H,14,16). The molecule has 2 fully saturated rings. The Balaban J connectivity index is 2.09. The molecule has 5 heteroatoms.